The topological polar surface area (TPSA) is 88.1 Å². The third kappa shape index (κ3) is 4.37. The van der Waals surface area contributed by atoms with Crippen LogP contribution in [0.3, 0.4) is 0 Å². The largest absolute Gasteiger partial charge is 0.343 e. The van der Waals surface area contributed by atoms with Crippen molar-refractivity contribution in [3.8, 4) is 22.0 Å². The van der Waals surface area contributed by atoms with Crippen LogP contribution in [0, 0.1) is 0 Å². The van der Waals surface area contributed by atoms with Crippen molar-refractivity contribution in [3.05, 3.63) is 46.2 Å². The van der Waals surface area contributed by atoms with Gasteiger partial charge in [-0.15, -0.1) is 0 Å². The molecule has 7 nitrogen and oxygen atoms in total. The molecule has 2 aromatic heterocycles. The van der Waals surface area contributed by atoms with Crippen LogP contribution >= 0.6 is 22.9 Å². The van der Waals surface area contributed by atoms with Gasteiger partial charge in [0.05, 0.1) is 21.3 Å². The Bertz CT molecular complexity index is 1250. The van der Waals surface area contributed by atoms with Crippen LogP contribution in [0.25, 0.3) is 22.0 Å². The fourth-order valence-corrected chi connectivity index (χ4v) is 5.86. The molecule has 1 N–H and O–H groups in total. The molecule has 0 spiro atoms. The number of nitrogens with one attached hydrogen (secondary N) is 1. The molecule has 2 aliphatic rings. The molecule has 2 amide bonds. The van der Waals surface area contributed by atoms with Crippen molar-refractivity contribution >= 4 is 39.9 Å². The van der Waals surface area contributed by atoms with Gasteiger partial charge in [0.1, 0.15) is 0 Å². The number of carbonyl (C=O) groups is 2. The standard InChI is InChI=1S/C24H24ClN5O2S/c1-13(31)27-24-28-20-6-4-17-12-26-23(29-21(17)22(20)33-24)18-11-16(3-5-19(18)25)15-7-9-30(10-8-15)14(2)32/h3,5,11-12,15H,4,6-10H2,1-2H3,(H,27,28,31). The van der Waals surface area contributed by atoms with E-state index in [4.69, 9.17) is 16.6 Å². The summed E-state index contributed by atoms with van der Waals surface area (Å²) in [5.74, 6) is 0.964. The normalized spacial score (nSPS) is 15.7. The van der Waals surface area contributed by atoms with Crippen molar-refractivity contribution in [2.75, 3.05) is 18.4 Å². The van der Waals surface area contributed by atoms with E-state index in [0.29, 0.717) is 21.9 Å². The number of aryl methyl sites for hydroxylation is 2. The monoisotopic (exact) mass is 481 g/mol. The molecular weight excluding hydrogens is 458 g/mol. The summed E-state index contributed by atoms with van der Waals surface area (Å²) in [4.78, 5) is 40.1. The van der Waals surface area contributed by atoms with E-state index in [2.05, 4.69) is 27.4 Å². The summed E-state index contributed by atoms with van der Waals surface area (Å²) in [6, 6.07) is 6.08. The first-order chi connectivity index (χ1) is 15.9. The molecule has 1 aliphatic heterocycles. The molecule has 0 atom stereocenters. The Morgan fingerprint density at radius 3 is 2.67 bits per heavy atom. The first-order valence-corrected chi connectivity index (χ1v) is 12.3. The Hall–Kier alpha value is -2.84. The molecule has 170 valence electrons. The number of hydrogen-bond acceptors (Lipinski definition) is 6. The summed E-state index contributed by atoms with van der Waals surface area (Å²) in [5, 5.41) is 3.99. The van der Waals surface area contributed by atoms with E-state index < -0.39 is 0 Å². The number of piperidine rings is 1. The average Bonchev–Trinajstić information content (AvgIpc) is 3.21. The summed E-state index contributed by atoms with van der Waals surface area (Å²) in [5.41, 5.74) is 4.91. The Labute approximate surface area is 201 Å². The molecule has 3 aromatic rings. The van der Waals surface area contributed by atoms with Crippen molar-refractivity contribution < 1.29 is 9.59 Å². The van der Waals surface area contributed by atoms with Crippen LogP contribution in [0.5, 0.6) is 0 Å². The highest BCUT2D eigenvalue weighted by Gasteiger charge is 2.26. The summed E-state index contributed by atoms with van der Waals surface area (Å²) in [7, 11) is 0. The van der Waals surface area contributed by atoms with Crippen LogP contribution < -0.4 is 5.32 Å². The highest BCUT2D eigenvalue weighted by atomic mass is 35.5. The first kappa shape index (κ1) is 22.0. The highest BCUT2D eigenvalue weighted by molar-refractivity contribution is 7.19. The number of benzene rings is 1. The number of amides is 2. The number of carbonyl (C=O) groups excluding carboxylic acids is 2. The van der Waals surface area contributed by atoms with Gasteiger partial charge < -0.3 is 10.2 Å². The number of halogens is 1. The van der Waals surface area contributed by atoms with E-state index in [0.717, 1.165) is 66.2 Å². The van der Waals surface area contributed by atoms with Crippen molar-refractivity contribution in [3.63, 3.8) is 0 Å². The maximum absolute atomic E-state index is 11.7. The number of nitrogens with zero attached hydrogens (tertiary/aromatic N) is 4. The van der Waals surface area contributed by atoms with E-state index >= 15 is 0 Å². The molecule has 1 fully saturated rings. The molecule has 3 heterocycles. The quantitative estimate of drug-likeness (QED) is 0.585. The second-order valence-corrected chi connectivity index (χ2v) is 9.97. The fourth-order valence-electron chi connectivity index (χ4n) is 4.58. The van der Waals surface area contributed by atoms with Crippen LogP contribution in [0.1, 0.15) is 49.4 Å². The van der Waals surface area contributed by atoms with Gasteiger partial charge in [-0.1, -0.05) is 29.0 Å². The molecule has 1 aliphatic carbocycles. The molecule has 0 unspecified atom stereocenters. The van der Waals surface area contributed by atoms with Gasteiger partial charge in [0.15, 0.2) is 11.0 Å². The first-order valence-electron chi connectivity index (χ1n) is 11.1. The van der Waals surface area contributed by atoms with Crippen molar-refractivity contribution in [1.29, 1.82) is 0 Å². The predicted molar refractivity (Wildman–Crippen MR) is 130 cm³/mol. The number of fused-ring (bicyclic) bond motifs is 3. The lowest BCUT2D eigenvalue weighted by Crippen LogP contribution is -2.36. The van der Waals surface area contributed by atoms with E-state index in [-0.39, 0.29) is 11.8 Å². The van der Waals surface area contributed by atoms with E-state index in [1.54, 1.807) is 6.92 Å². The Kier molecular flexibility index (Phi) is 5.88. The Morgan fingerprint density at radius 2 is 1.94 bits per heavy atom. The Balaban J connectivity index is 1.47. The van der Waals surface area contributed by atoms with Crippen LogP contribution in [-0.2, 0) is 22.4 Å². The second kappa shape index (κ2) is 8.83. The van der Waals surface area contributed by atoms with Gasteiger partial charge in [-0.25, -0.2) is 15.0 Å². The van der Waals surface area contributed by atoms with Gasteiger partial charge in [0, 0.05) is 38.7 Å². The zero-order valence-electron chi connectivity index (χ0n) is 18.5. The van der Waals surface area contributed by atoms with E-state index in [1.807, 2.05) is 17.2 Å². The van der Waals surface area contributed by atoms with Crippen molar-refractivity contribution in [2.45, 2.75) is 45.4 Å². The molecule has 1 saturated heterocycles. The average molecular weight is 482 g/mol. The van der Waals surface area contributed by atoms with Gasteiger partial charge >= 0.3 is 0 Å². The minimum atomic E-state index is -0.137. The van der Waals surface area contributed by atoms with Crippen molar-refractivity contribution in [2.24, 2.45) is 0 Å². The van der Waals surface area contributed by atoms with Gasteiger partial charge in [-0.05, 0) is 54.9 Å². The number of likely N-dealkylation sites (tertiary alicyclic amines) is 1. The molecule has 33 heavy (non-hydrogen) atoms. The minimum absolute atomic E-state index is 0.136. The highest BCUT2D eigenvalue weighted by Crippen LogP contribution is 2.40. The smallest absolute Gasteiger partial charge is 0.223 e. The molecule has 0 bridgehead atoms. The molecule has 9 heteroatoms. The second-order valence-electron chi connectivity index (χ2n) is 8.56. The zero-order valence-corrected chi connectivity index (χ0v) is 20.1. The summed E-state index contributed by atoms with van der Waals surface area (Å²) < 4.78 is 0. The minimum Gasteiger partial charge on any atom is -0.343 e. The lowest BCUT2D eigenvalue weighted by molar-refractivity contribution is -0.129. The lowest BCUT2D eigenvalue weighted by Gasteiger charge is -2.31. The van der Waals surface area contributed by atoms with Gasteiger partial charge in [-0.2, -0.15) is 0 Å². The van der Waals surface area contributed by atoms with Crippen LogP contribution in [-0.4, -0.2) is 44.8 Å². The van der Waals surface area contributed by atoms with Crippen molar-refractivity contribution in [1.82, 2.24) is 19.9 Å². The molecule has 5 rings (SSSR count). The third-order valence-electron chi connectivity index (χ3n) is 6.33. The van der Waals surface area contributed by atoms with Gasteiger partial charge in [0.2, 0.25) is 11.8 Å². The number of thiazole rings is 1. The third-order valence-corrected chi connectivity index (χ3v) is 7.68. The lowest BCUT2D eigenvalue weighted by atomic mass is 9.88. The fraction of sp³-hybridized carbons (Fsp3) is 0.375. The number of aromatic nitrogens is 3. The summed E-state index contributed by atoms with van der Waals surface area (Å²) in [6.07, 6.45) is 5.36. The molecule has 1 aromatic carbocycles. The molecule has 0 radical (unpaired) electrons. The summed E-state index contributed by atoms with van der Waals surface area (Å²) in [6.45, 7) is 4.66. The predicted octanol–water partition coefficient (Wildman–Crippen LogP) is 4.70. The summed E-state index contributed by atoms with van der Waals surface area (Å²) >= 11 is 8.03. The number of rotatable bonds is 3. The SMILES string of the molecule is CC(=O)Nc1nc2c(s1)-c1nc(-c3cc(C4CCN(C(C)=O)CC4)ccc3Cl)ncc1CC2. The maximum Gasteiger partial charge on any atom is 0.223 e. The molecule has 0 saturated carbocycles. The molecular formula is C24H24ClN5O2S. The van der Waals surface area contributed by atoms with E-state index in [1.165, 1.54) is 23.8 Å². The van der Waals surface area contributed by atoms with Gasteiger partial charge in [0.25, 0.3) is 0 Å². The van der Waals surface area contributed by atoms with E-state index in [9.17, 15) is 9.59 Å². The number of hydrogen-bond donors (Lipinski definition) is 1. The Morgan fingerprint density at radius 1 is 1.15 bits per heavy atom. The van der Waals surface area contributed by atoms with Gasteiger partial charge in [-0.3, -0.25) is 9.59 Å². The maximum atomic E-state index is 11.7. The van der Waals surface area contributed by atoms with Crippen LogP contribution in [0.4, 0.5) is 5.13 Å². The van der Waals surface area contributed by atoms with Crippen LogP contribution in [0.2, 0.25) is 5.02 Å². The zero-order chi connectivity index (χ0) is 23.1. The number of anilines is 1. The van der Waals surface area contributed by atoms with Crippen LogP contribution in [0.15, 0.2) is 24.4 Å².